The number of amides is 2. The average Bonchev–Trinajstić information content (AvgIpc) is 2.84. The topological polar surface area (TPSA) is 60.9 Å². The van der Waals surface area contributed by atoms with Gasteiger partial charge in [0.25, 0.3) is 0 Å². The molecule has 1 heterocycles. The Morgan fingerprint density at radius 2 is 2.00 bits per heavy atom. The molecule has 0 bridgehead atoms. The van der Waals surface area contributed by atoms with Gasteiger partial charge in [-0.25, -0.2) is 4.79 Å². The minimum atomic E-state index is -0.822. The van der Waals surface area contributed by atoms with Gasteiger partial charge in [0.2, 0.25) is 0 Å². The number of aliphatic carboxylic acids is 1. The molecule has 0 aliphatic carbocycles. The molecule has 1 aromatic carbocycles. The van der Waals surface area contributed by atoms with Crippen molar-refractivity contribution in [3.8, 4) is 0 Å². The number of carboxylic acid groups (broad SMARTS) is 1. The van der Waals surface area contributed by atoms with Crippen LogP contribution in [-0.2, 0) is 4.79 Å². The van der Waals surface area contributed by atoms with Crippen LogP contribution in [0, 0.1) is 18.8 Å². The molecule has 0 saturated carbocycles. The Morgan fingerprint density at radius 3 is 2.52 bits per heavy atom. The molecule has 1 aliphatic rings. The molecule has 2 atom stereocenters. The van der Waals surface area contributed by atoms with Crippen LogP contribution in [0.3, 0.4) is 0 Å². The standard InChI is InChI=1S/C16H22N2O3/c1-4-18(14-8-6-5-7-11(14)2)16(21)17-9-12(3)13(10-17)15(19)20/h5-8,12-13H,4,9-10H2,1-3H3,(H,19,20)/t12-,13-/m1/s1. The number of nitrogens with zero attached hydrogens (tertiary/aromatic N) is 2. The van der Waals surface area contributed by atoms with E-state index in [9.17, 15) is 14.7 Å². The number of hydrogen-bond acceptors (Lipinski definition) is 2. The fourth-order valence-corrected chi connectivity index (χ4v) is 2.89. The molecule has 2 rings (SSSR count). The van der Waals surface area contributed by atoms with Gasteiger partial charge in [-0.15, -0.1) is 0 Å². The second-order valence-corrected chi connectivity index (χ2v) is 5.64. The minimum absolute atomic E-state index is 0.0120. The first-order valence-corrected chi connectivity index (χ1v) is 7.30. The summed E-state index contributed by atoms with van der Waals surface area (Å²) in [6.45, 7) is 7.13. The number of carbonyl (C=O) groups excluding carboxylic acids is 1. The van der Waals surface area contributed by atoms with Crippen LogP contribution in [-0.4, -0.2) is 41.6 Å². The van der Waals surface area contributed by atoms with Crippen LogP contribution < -0.4 is 4.90 Å². The summed E-state index contributed by atoms with van der Waals surface area (Å²) in [5.74, 6) is -1.30. The van der Waals surface area contributed by atoms with Crippen LogP contribution in [0.4, 0.5) is 10.5 Å². The number of para-hydroxylation sites is 1. The number of rotatable bonds is 3. The monoisotopic (exact) mass is 290 g/mol. The number of hydrogen-bond donors (Lipinski definition) is 1. The van der Waals surface area contributed by atoms with Crippen molar-refractivity contribution in [1.29, 1.82) is 0 Å². The highest BCUT2D eigenvalue weighted by Crippen LogP contribution is 2.27. The van der Waals surface area contributed by atoms with Crippen LogP contribution in [0.5, 0.6) is 0 Å². The first-order chi connectivity index (χ1) is 9.95. The fourth-order valence-electron chi connectivity index (χ4n) is 2.89. The lowest BCUT2D eigenvalue weighted by Crippen LogP contribution is -2.43. The molecule has 1 N–H and O–H groups in total. The van der Waals surface area contributed by atoms with Crippen LogP contribution in [0.1, 0.15) is 19.4 Å². The number of aryl methyl sites for hydroxylation is 1. The van der Waals surface area contributed by atoms with Crippen molar-refractivity contribution in [2.24, 2.45) is 11.8 Å². The Hall–Kier alpha value is -2.04. The summed E-state index contributed by atoms with van der Waals surface area (Å²) in [7, 11) is 0. The van der Waals surface area contributed by atoms with Crippen molar-refractivity contribution in [2.75, 3.05) is 24.5 Å². The van der Waals surface area contributed by atoms with E-state index in [1.165, 1.54) is 0 Å². The van der Waals surface area contributed by atoms with E-state index in [1.54, 1.807) is 9.80 Å². The van der Waals surface area contributed by atoms with Crippen LogP contribution in [0.2, 0.25) is 0 Å². The van der Waals surface area contributed by atoms with Gasteiger partial charge in [0.05, 0.1) is 5.92 Å². The fraction of sp³-hybridized carbons (Fsp3) is 0.500. The molecule has 1 aromatic rings. The highest BCUT2D eigenvalue weighted by Gasteiger charge is 2.38. The number of urea groups is 1. The summed E-state index contributed by atoms with van der Waals surface area (Å²) in [5.41, 5.74) is 1.92. The second-order valence-electron chi connectivity index (χ2n) is 5.64. The lowest BCUT2D eigenvalue weighted by atomic mass is 9.99. The molecule has 5 nitrogen and oxygen atoms in total. The van der Waals surface area contributed by atoms with Gasteiger partial charge in [-0.2, -0.15) is 0 Å². The summed E-state index contributed by atoms with van der Waals surface area (Å²) in [6.07, 6.45) is 0. The lowest BCUT2D eigenvalue weighted by Gasteiger charge is -2.28. The van der Waals surface area contributed by atoms with Crippen molar-refractivity contribution in [3.63, 3.8) is 0 Å². The van der Waals surface area contributed by atoms with Gasteiger partial charge < -0.3 is 10.0 Å². The van der Waals surface area contributed by atoms with E-state index in [1.807, 2.05) is 45.0 Å². The SMILES string of the molecule is CCN(C(=O)N1C[C@@H](C)[C@H](C(=O)O)C1)c1ccccc1C. The highest BCUT2D eigenvalue weighted by atomic mass is 16.4. The zero-order valence-electron chi connectivity index (χ0n) is 12.7. The summed E-state index contributed by atoms with van der Waals surface area (Å²) in [4.78, 5) is 27.3. The first-order valence-electron chi connectivity index (χ1n) is 7.30. The van der Waals surface area contributed by atoms with Gasteiger partial charge in [0.15, 0.2) is 0 Å². The normalized spacial score (nSPS) is 21.4. The third-order valence-electron chi connectivity index (χ3n) is 4.15. The van der Waals surface area contributed by atoms with Gasteiger partial charge in [-0.05, 0) is 31.4 Å². The van der Waals surface area contributed by atoms with E-state index < -0.39 is 11.9 Å². The first kappa shape index (κ1) is 15.4. The van der Waals surface area contributed by atoms with Gasteiger partial charge in [-0.1, -0.05) is 25.1 Å². The summed E-state index contributed by atoms with van der Waals surface area (Å²) in [5, 5.41) is 9.19. The molecule has 114 valence electrons. The lowest BCUT2D eigenvalue weighted by molar-refractivity contribution is -0.142. The van der Waals surface area contributed by atoms with Gasteiger partial charge in [0, 0.05) is 25.3 Å². The Bertz CT molecular complexity index is 544. The maximum atomic E-state index is 12.7. The number of likely N-dealkylation sites (tertiary alicyclic amines) is 1. The quantitative estimate of drug-likeness (QED) is 0.930. The third-order valence-corrected chi connectivity index (χ3v) is 4.15. The molecule has 1 fully saturated rings. The van der Waals surface area contributed by atoms with E-state index in [0.717, 1.165) is 11.3 Å². The molecule has 1 aliphatic heterocycles. The van der Waals surface area contributed by atoms with Crippen molar-refractivity contribution in [3.05, 3.63) is 29.8 Å². The predicted octanol–water partition coefficient (Wildman–Crippen LogP) is 2.59. The van der Waals surface area contributed by atoms with Gasteiger partial charge >= 0.3 is 12.0 Å². The van der Waals surface area contributed by atoms with Gasteiger partial charge in [0.1, 0.15) is 0 Å². The molecule has 21 heavy (non-hydrogen) atoms. The third kappa shape index (κ3) is 3.01. The maximum absolute atomic E-state index is 12.7. The maximum Gasteiger partial charge on any atom is 0.324 e. The Kier molecular flexibility index (Phi) is 4.50. The zero-order chi connectivity index (χ0) is 15.6. The van der Waals surface area contributed by atoms with Crippen LogP contribution in [0.15, 0.2) is 24.3 Å². The molecule has 0 spiro atoms. The molecule has 5 heteroatoms. The van der Waals surface area contributed by atoms with Crippen molar-refractivity contribution in [1.82, 2.24) is 4.90 Å². The molecule has 0 unspecified atom stereocenters. The second kappa shape index (κ2) is 6.16. The summed E-state index contributed by atoms with van der Waals surface area (Å²) in [6, 6.07) is 7.63. The summed E-state index contributed by atoms with van der Waals surface area (Å²) < 4.78 is 0. The van der Waals surface area contributed by atoms with Crippen LogP contribution in [0.25, 0.3) is 0 Å². The number of benzene rings is 1. The molecular formula is C16H22N2O3. The number of carboxylic acids is 1. The molecule has 1 saturated heterocycles. The van der Waals surface area contributed by atoms with Crippen LogP contribution >= 0.6 is 0 Å². The number of carbonyl (C=O) groups is 2. The van der Waals surface area contributed by atoms with E-state index >= 15 is 0 Å². The average molecular weight is 290 g/mol. The van der Waals surface area contributed by atoms with E-state index in [-0.39, 0.29) is 18.5 Å². The summed E-state index contributed by atoms with van der Waals surface area (Å²) >= 11 is 0. The smallest absolute Gasteiger partial charge is 0.324 e. The van der Waals surface area contributed by atoms with E-state index in [0.29, 0.717) is 13.1 Å². The highest BCUT2D eigenvalue weighted by molar-refractivity contribution is 5.93. The molecule has 0 aromatic heterocycles. The van der Waals surface area contributed by atoms with E-state index in [4.69, 9.17) is 0 Å². The minimum Gasteiger partial charge on any atom is -0.481 e. The molecule has 2 amide bonds. The van der Waals surface area contributed by atoms with Gasteiger partial charge in [-0.3, -0.25) is 9.69 Å². The zero-order valence-corrected chi connectivity index (χ0v) is 12.7. The largest absolute Gasteiger partial charge is 0.481 e. The predicted molar refractivity (Wildman–Crippen MR) is 81.5 cm³/mol. The van der Waals surface area contributed by atoms with Crippen molar-refractivity contribution in [2.45, 2.75) is 20.8 Å². The van der Waals surface area contributed by atoms with Crippen molar-refractivity contribution >= 4 is 17.7 Å². The van der Waals surface area contributed by atoms with Crippen molar-refractivity contribution < 1.29 is 14.7 Å². The Morgan fingerprint density at radius 1 is 1.33 bits per heavy atom. The molecular weight excluding hydrogens is 268 g/mol. The Balaban J connectivity index is 2.19. The van der Waals surface area contributed by atoms with E-state index in [2.05, 4.69) is 0 Å². The number of anilines is 1. The molecule has 0 radical (unpaired) electrons. The Labute approximate surface area is 125 Å².